The average molecular weight is 1350 g/mol. The number of nitrogens with two attached hydrogens (primary N) is 1. The summed E-state index contributed by atoms with van der Waals surface area (Å²) in [6.07, 6.45) is 10.0. The standard InChI is InChI=1S/C33H22N4.C21H14BrN3.C13H10.C7H15N.CH4.Cu.HI/c1-2-10-24(11-3-1)33-35-29(22-30(36-33)28-14-8-9-21-34-28)23-17-19-25(20-18-23)37-31-15-6-4-12-26(31)27-13-5-7-16-32(27)37;22-17-11-9-15(10-12-17)19-14-20(18-8-4-5-13-23-18)25-21(24-19)16-6-2-1-3-7-16;1-3-7-12-10(5-1)9-11-6-2-4-8-13(11)12;1-6-4-2-3-5-7(6)8;;;/h1-22H;1-14H;1-8H,9H2;6-7H,2-5,8H2,1H3;1H4;;1H/q;;;;;+1;/p-1/t;;;6-,7-;;;/m...1.../s1. The van der Waals surface area contributed by atoms with Crippen LogP contribution in [0.25, 0.3) is 107 Å². The molecule has 1 saturated carbocycles. The van der Waals surface area contributed by atoms with E-state index in [1.807, 2.05) is 133 Å². The summed E-state index contributed by atoms with van der Waals surface area (Å²) in [4.78, 5) is 28.3. The first kappa shape index (κ1) is 60.8. The molecule has 8 nitrogen and oxygen atoms in total. The number of hydrogen-bond donors (Lipinski definition) is 1. The van der Waals surface area contributed by atoms with E-state index in [9.17, 15) is 0 Å². The van der Waals surface area contributed by atoms with Crippen LogP contribution in [-0.2, 0) is 19.2 Å². The largest absolute Gasteiger partial charge is 0.309 e. The molecular weight excluding hydrogens is 1280 g/mol. The van der Waals surface area contributed by atoms with Crippen LogP contribution in [0.15, 0.2) is 272 Å². The van der Waals surface area contributed by atoms with E-state index in [0.29, 0.717) is 17.7 Å². The fraction of sp³-hybridized carbons (Fsp3) is 0.120. The van der Waals surface area contributed by atoms with Gasteiger partial charge in [-0.2, -0.15) is 0 Å². The van der Waals surface area contributed by atoms with Crippen molar-refractivity contribution in [1.29, 1.82) is 0 Å². The second kappa shape index (κ2) is 29.7. The van der Waals surface area contributed by atoms with Crippen molar-refractivity contribution in [3.63, 3.8) is 0 Å². The van der Waals surface area contributed by atoms with E-state index in [1.165, 1.54) is 69.7 Å². The van der Waals surface area contributed by atoms with Crippen molar-refractivity contribution in [2.75, 3.05) is 0 Å². The van der Waals surface area contributed by atoms with E-state index in [-0.39, 0.29) is 7.43 Å². The molecule has 2 N–H and O–H groups in total. The minimum absolute atomic E-state index is 0. The third-order valence-corrected chi connectivity index (χ3v) is 15.9. The fourth-order valence-electron chi connectivity index (χ4n) is 10.9. The number of nitrogens with zero attached hydrogens (tertiary/aromatic N) is 7. The Morgan fingerprint density at radius 1 is 0.430 bits per heavy atom. The monoisotopic (exact) mass is 1350 g/mol. The maximum absolute atomic E-state index is 5.78. The van der Waals surface area contributed by atoms with E-state index < -0.39 is 0 Å². The molecule has 5 heterocycles. The topological polar surface area (TPSA) is 108 Å². The molecule has 0 saturated heterocycles. The minimum atomic E-state index is 0. The molecule has 0 radical (unpaired) electrons. The number of aromatic nitrogens is 7. The number of para-hydroxylation sites is 2. The number of fused-ring (bicyclic) bond motifs is 6. The Bertz CT molecular complexity index is 4060. The van der Waals surface area contributed by atoms with Gasteiger partial charge in [0.15, 0.2) is 11.6 Å². The van der Waals surface area contributed by atoms with Crippen molar-refractivity contribution >= 4 is 58.1 Å². The van der Waals surface area contributed by atoms with Crippen molar-refractivity contribution in [2.45, 2.75) is 52.5 Å². The van der Waals surface area contributed by atoms with Crippen LogP contribution < -0.4 is 5.73 Å². The molecule has 0 spiro atoms. The molecule has 0 aliphatic heterocycles. The molecule has 0 unspecified atom stereocenters. The molecular formula is C75H65BrCuIN8. The molecule has 2 aliphatic rings. The zero-order valence-corrected chi connectivity index (χ0v) is 51.5. The first-order chi connectivity index (χ1) is 41.9. The molecule has 2 aliphatic carbocycles. The molecule has 0 amide bonds. The van der Waals surface area contributed by atoms with Crippen LogP contribution in [0, 0.1) is 5.92 Å². The summed E-state index contributed by atoms with van der Waals surface area (Å²) in [5.41, 5.74) is 24.1. The second-order valence-electron chi connectivity index (χ2n) is 20.9. The van der Waals surface area contributed by atoms with Crippen molar-refractivity contribution < 1.29 is 12.8 Å². The average Bonchev–Trinajstić information content (AvgIpc) is 4.08. The summed E-state index contributed by atoms with van der Waals surface area (Å²) < 4.78 is 3.36. The number of rotatable bonds is 7. The Morgan fingerprint density at radius 2 is 0.837 bits per heavy atom. The van der Waals surface area contributed by atoms with Gasteiger partial charge in [0, 0.05) is 61.6 Å². The molecule has 15 rings (SSSR count). The van der Waals surface area contributed by atoms with Gasteiger partial charge in [0.05, 0.1) is 45.2 Å². The molecule has 2 atom stereocenters. The summed E-state index contributed by atoms with van der Waals surface area (Å²) in [6, 6.07) is 87.4. The summed E-state index contributed by atoms with van der Waals surface area (Å²) in [6.45, 7) is 2.25. The Hall–Kier alpha value is -8.29. The Balaban J connectivity index is 0.000000143. The summed E-state index contributed by atoms with van der Waals surface area (Å²) in [7, 11) is 0. The van der Waals surface area contributed by atoms with Crippen LogP contribution in [0.5, 0.6) is 0 Å². The zero-order chi connectivity index (χ0) is 58.3. The van der Waals surface area contributed by atoms with Gasteiger partial charge in [-0.1, -0.05) is 225 Å². The molecule has 430 valence electrons. The predicted molar refractivity (Wildman–Crippen MR) is 365 cm³/mol. The molecule has 8 aromatic carbocycles. The molecule has 1 fully saturated rings. The molecule has 0 bridgehead atoms. The Morgan fingerprint density at radius 3 is 1.28 bits per heavy atom. The van der Waals surface area contributed by atoms with Gasteiger partial charge in [-0.25, -0.2) is 19.9 Å². The Kier molecular flexibility index (Phi) is 21.0. The summed E-state index contributed by atoms with van der Waals surface area (Å²) in [5.74, 6) is 2.16. The van der Waals surface area contributed by atoms with Gasteiger partial charge in [-0.05, 0) is 120 Å². The zero-order valence-electron chi connectivity index (χ0n) is 46.9. The quantitative estimate of drug-likeness (QED) is 0.125. The van der Waals surface area contributed by atoms with Crippen LogP contribution in [-0.4, -0.2) is 40.5 Å². The van der Waals surface area contributed by atoms with Gasteiger partial charge in [0.2, 0.25) is 0 Å². The maximum Gasteiger partial charge on any atom is 0.160 e. The first-order valence-electron chi connectivity index (χ1n) is 28.5. The van der Waals surface area contributed by atoms with Crippen LogP contribution in [0.4, 0.5) is 0 Å². The van der Waals surface area contributed by atoms with Gasteiger partial charge in [-0.3, -0.25) is 9.97 Å². The number of halogens is 2. The van der Waals surface area contributed by atoms with Crippen LogP contribution in [0.3, 0.4) is 0 Å². The van der Waals surface area contributed by atoms with Crippen molar-refractivity contribution in [3.05, 3.63) is 283 Å². The first-order valence-corrected chi connectivity index (χ1v) is 32.3. The third kappa shape index (κ3) is 14.5. The van der Waals surface area contributed by atoms with E-state index >= 15 is 0 Å². The van der Waals surface area contributed by atoms with Gasteiger partial charge >= 0.3 is 33.1 Å². The van der Waals surface area contributed by atoms with Gasteiger partial charge in [-0.15, -0.1) is 0 Å². The van der Waals surface area contributed by atoms with Gasteiger partial charge < -0.3 is 10.3 Å². The van der Waals surface area contributed by atoms with Gasteiger partial charge in [0.1, 0.15) is 0 Å². The van der Waals surface area contributed by atoms with Crippen molar-refractivity contribution in [2.24, 2.45) is 11.7 Å². The smallest absolute Gasteiger partial charge is 0.160 e. The number of benzene rings is 8. The molecule has 11 heteroatoms. The predicted octanol–water partition coefficient (Wildman–Crippen LogP) is 19.9. The van der Waals surface area contributed by atoms with E-state index in [1.54, 1.807) is 32.7 Å². The van der Waals surface area contributed by atoms with Crippen molar-refractivity contribution in [1.82, 2.24) is 34.5 Å². The second-order valence-corrected chi connectivity index (χ2v) is 21.8. The summed E-state index contributed by atoms with van der Waals surface area (Å²) in [5, 5.41) is 2.51. The Labute approximate surface area is 532 Å². The van der Waals surface area contributed by atoms with E-state index in [4.69, 9.17) is 25.7 Å². The van der Waals surface area contributed by atoms with E-state index in [0.717, 1.165) is 78.9 Å². The molecule has 86 heavy (non-hydrogen) atoms. The summed E-state index contributed by atoms with van der Waals surface area (Å²) >= 11 is 9.35. The SMILES string of the molecule is Brc1ccc(-c2cc(-c3ccccn3)nc(-c3ccccc3)n2)cc1.C.C[C@@H]1CCCC[C@H]1N.[Cu][I].c1ccc(-c2nc(-c3ccc(-n4c5ccccc5c5ccccc54)cc3)cc(-c3ccccn3)n2)cc1.c1ccc2c(c1)Cc1ccccc1-2. The van der Waals surface area contributed by atoms with E-state index in [2.05, 4.69) is 171 Å². The number of pyridine rings is 2. The van der Waals surface area contributed by atoms with Crippen LogP contribution >= 0.6 is 36.3 Å². The normalized spacial score (nSPS) is 13.6. The minimum Gasteiger partial charge on any atom is -0.309 e. The van der Waals surface area contributed by atoms with Gasteiger partial charge in [0.25, 0.3) is 0 Å². The van der Waals surface area contributed by atoms with Crippen molar-refractivity contribution in [3.8, 4) is 84.9 Å². The maximum atomic E-state index is 5.78. The molecule has 5 aromatic heterocycles. The van der Waals surface area contributed by atoms with Crippen LogP contribution in [0.2, 0.25) is 0 Å². The fourth-order valence-corrected chi connectivity index (χ4v) is 11.2. The molecule has 13 aromatic rings. The van der Waals surface area contributed by atoms with Crippen LogP contribution in [0.1, 0.15) is 51.2 Å². The third-order valence-electron chi connectivity index (χ3n) is 15.4. The number of hydrogen-bond acceptors (Lipinski definition) is 7.